The maximum atomic E-state index is 12.6. The summed E-state index contributed by atoms with van der Waals surface area (Å²) in [5.74, 6) is 0.246. The van der Waals surface area contributed by atoms with E-state index < -0.39 is 0 Å². The Labute approximate surface area is 151 Å². The van der Waals surface area contributed by atoms with Crippen molar-refractivity contribution in [2.24, 2.45) is 5.92 Å². The lowest BCUT2D eigenvalue weighted by atomic mass is 9.76. The van der Waals surface area contributed by atoms with Gasteiger partial charge in [-0.2, -0.15) is 5.10 Å². The van der Waals surface area contributed by atoms with Crippen molar-refractivity contribution >= 4 is 16.8 Å². The normalized spacial score (nSPS) is 20.5. The standard InChI is InChI=1S/C20H22N4O2/c25-15-9-13(10-15)18(11-14-5-3-4-8-21-14)22-20(26)12-19-16-6-1-2-7-17(16)23-24-19/h1-8,13,15,18,25H,9-12H2,(H,22,26)(H,23,24)/t13?,15?,18-/m0/s1. The van der Waals surface area contributed by atoms with E-state index >= 15 is 0 Å². The molecule has 3 N–H and O–H groups in total. The summed E-state index contributed by atoms with van der Waals surface area (Å²) in [6, 6.07) is 13.5. The number of carbonyl (C=O) groups is 1. The van der Waals surface area contributed by atoms with Gasteiger partial charge in [0.15, 0.2) is 0 Å². The summed E-state index contributed by atoms with van der Waals surface area (Å²) in [5, 5.41) is 21.0. The van der Waals surface area contributed by atoms with Gasteiger partial charge >= 0.3 is 0 Å². The molecule has 2 heterocycles. The van der Waals surface area contributed by atoms with Gasteiger partial charge in [-0.1, -0.05) is 24.3 Å². The number of para-hydroxylation sites is 1. The maximum absolute atomic E-state index is 12.6. The third kappa shape index (κ3) is 3.60. The number of pyridine rings is 1. The van der Waals surface area contributed by atoms with Crippen LogP contribution in [0, 0.1) is 5.92 Å². The van der Waals surface area contributed by atoms with Gasteiger partial charge in [0.05, 0.1) is 23.7 Å². The molecule has 1 saturated carbocycles. The van der Waals surface area contributed by atoms with Gasteiger partial charge in [-0.3, -0.25) is 14.9 Å². The minimum absolute atomic E-state index is 0.0185. The largest absolute Gasteiger partial charge is 0.393 e. The molecular weight excluding hydrogens is 328 g/mol. The Balaban J connectivity index is 1.45. The highest BCUT2D eigenvalue weighted by Crippen LogP contribution is 2.31. The first-order chi connectivity index (χ1) is 12.7. The predicted octanol–water partition coefficient (Wildman–Crippen LogP) is 2.00. The molecule has 0 aliphatic heterocycles. The number of H-pyrrole nitrogens is 1. The second-order valence-electron chi connectivity index (χ2n) is 6.98. The van der Waals surface area contributed by atoms with Crippen molar-refractivity contribution in [2.75, 3.05) is 0 Å². The molecule has 4 rings (SSSR count). The second kappa shape index (κ2) is 7.25. The first-order valence-electron chi connectivity index (χ1n) is 8.98. The van der Waals surface area contributed by atoms with Gasteiger partial charge in [-0.15, -0.1) is 0 Å². The monoisotopic (exact) mass is 350 g/mol. The van der Waals surface area contributed by atoms with Crippen molar-refractivity contribution in [3.63, 3.8) is 0 Å². The van der Waals surface area contributed by atoms with Gasteiger partial charge in [0.1, 0.15) is 0 Å². The zero-order valence-corrected chi connectivity index (χ0v) is 14.4. The number of benzene rings is 1. The van der Waals surface area contributed by atoms with Gasteiger partial charge in [-0.25, -0.2) is 0 Å². The number of aliphatic hydroxyl groups excluding tert-OH is 1. The molecule has 1 amide bonds. The molecule has 26 heavy (non-hydrogen) atoms. The van der Waals surface area contributed by atoms with E-state index in [1.165, 1.54) is 0 Å². The van der Waals surface area contributed by atoms with Crippen molar-refractivity contribution in [1.82, 2.24) is 20.5 Å². The second-order valence-corrected chi connectivity index (χ2v) is 6.98. The summed E-state index contributed by atoms with van der Waals surface area (Å²) < 4.78 is 0. The Bertz CT molecular complexity index is 887. The van der Waals surface area contributed by atoms with Crippen molar-refractivity contribution in [3.8, 4) is 0 Å². The van der Waals surface area contributed by atoms with E-state index in [0.717, 1.165) is 35.1 Å². The fourth-order valence-corrected chi connectivity index (χ4v) is 3.61. The number of hydrogen-bond acceptors (Lipinski definition) is 4. The zero-order valence-electron chi connectivity index (χ0n) is 14.4. The van der Waals surface area contributed by atoms with Crippen LogP contribution in [0.15, 0.2) is 48.7 Å². The van der Waals surface area contributed by atoms with Gasteiger partial charge in [0, 0.05) is 29.7 Å². The van der Waals surface area contributed by atoms with E-state index in [1.54, 1.807) is 6.20 Å². The third-order valence-corrected chi connectivity index (χ3v) is 5.10. The number of aromatic nitrogens is 3. The van der Waals surface area contributed by atoms with Crippen molar-refractivity contribution in [1.29, 1.82) is 0 Å². The molecule has 1 aliphatic carbocycles. The number of hydrogen-bond donors (Lipinski definition) is 3. The molecular formula is C20H22N4O2. The molecule has 134 valence electrons. The van der Waals surface area contributed by atoms with Crippen LogP contribution in [-0.2, 0) is 17.6 Å². The van der Waals surface area contributed by atoms with Crippen LogP contribution in [-0.4, -0.2) is 38.3 Å². The van der Waals surface area contributed by atoms with E-state index in [0.29, 0.717) is 6.42 Å². The molecule has 6 nitrogen and oxygen atoms in total. The van der Waals surface area contributed by atoms with E-state index in [2.05, 4.69) is 20.5 Å². The van der Waals surface area contributed by atoms with Crippen LogP contribution < -0.4 is 5.32 Å². The Hall–Kier alpha value is -2.73. The number of nitrogens with zero attached hydrogens (tertiary/aromatic N) is 2. The first kappa shape index (κ1) is 16.7. The molecule has 0 spiro atoms. The summed E-state index contributed by atoms with van der Waals surface area (Å²) in [4.78, 5) is 17.0. The lowest BCUT2D eigenvalue weighted by Gasteiger charge is -2.38. The van der Waals surface area contributed by atoms with E-state index in [1.807, 2.05) is 42.5 Å². The molecule has 0 saturated heterocycles. The maximum Gasteiger partial charge on any atom is 0.226 e. The Kier molecular flexibility index (Phi) is 4.67. The SMILES string of the molecule is O=C(Cc1[nH]nc2ccccc12)N[C@@H](Cc1ccccn1)C1CC(O)C1. The van der Waals surface area contributed by atoms with Crippen LogP contribution in [0.1, 0.15) is 24.2 Å². The fourth-order valence-electron chi connectivity index (χ4n) is 3.61. The van der Waals surface area contributed by atoms with Crippen molar-refractivity contribution < 1.29 is 9.90 Å². The van der Waals surface area contributed by atoms with Crippen molar-refractivity contribution in [3.05, 3.63) is 60.0 Å². The summed E-state index contributed by atoms with van der Waals surface area (Å²) in [6.45, 7) is 0. The minimum Gasteiger partial charge on any atom is -0.393 e. The Morgan fingerprint density at radius 1 is 1.23 bits per heavy atom. The summed E-state index contributed by atoms with van der Waals surface area (Å²) in [7, 11) is 0. The molecule has 0 unspecified atom stereocenters. The van der Waals surface area contributed by atoms with Gasteiger partial charge < -0.3 is 10.4 Å². The van der Waals surface area contributed by atoms with Gasteiger partial charge in [0.2, 0.25) is 5.91 Å². The summed E-state index contributed by atoms with van der Waals surface area (Å²) in [6.07, 6.45) is 3.90. The highest BCUT2D eigenvalue weighted by molar-refractivity contribution is 5.87. The van der Waals surface area contributed by atoms with Crippen LogP contribution >= 0.6 is 0 Å². The average Bonchev–Trinajstić information content (AvgIpc) is 3.02. The number of nitrogens with one attached hydrogen (secondary N) is 2. The third-order valence-electron chi connectivity index (χ3n) is 5.10. The zero-order chi connectivity index (χ0) is 17.9. The molecule has 2 aromatic heterocycles. The number of aromatic amines is 1. The van der Waals surface area contributed by atoms with E-state index in [4.69, 9.17) is 0 Å². The number of rotatable bonds is 6. The van der Waals surface area contributed by atoms with Crippen molar-refractivity contribution in [2.45, 2.75) is 37.8 Å². The number of fused-ring (bicyclic) bond motifs is 1. The molecule has 1 aromatic carbocycles. The topological polar surface area (TPSA) is 90.9 Å². The van der Waals surface area contributed by atoms with Crippen LogP contribution in [0.5, 0.6) is 0 Å². The molecule has 1 aliphatic rings. The lowest BCUT2D eigenvalue weighted by Crippen LogP contribution is -2.48. The van der Waals surface area contributed by atoms with Gasteiger partial charge in [0.25, 0.3) is 0 Å². The minimum atomic E-state index is -0.250. The number of carbonyl (C=O) groups excluding carboxylic acids is 1. The highest BCUT2D eigenvalue weighted by Gasteiger charge is 2.35. The predicted molar refractivity (Wildman–Crippen MR) is 98.4 cm³/mol. The molecule has 3 aromatic rings. The molecule has 6 heteroatoms. The molecule has 0 bridgehead atoms. The quantitative estimate of drug-likeness (QED) is 0.634. The molecule has 1 fully saturated rings. The van der Waals surface area contributed by atoms with Crippen LogP contribution in [0.25, 0.3) is 10.9 Å². The average molecular weight is 350 g/mol. The Morgan fingerprint density at radius 2 is 2.04 bits per heavy atom. The van der Waals surface area contributed by atoms with E-state index in [-0.39, 0.29) is 30.4 Å². The van der Waals surface area contributed by atoms with Gasteiger partial charge in [-0.05, 0) is 37.0 Å². The lowest BCUT2D eigenvalue weighted by molar-refractivity contribution is -0.122. The van der Waals surface area contributed by atoms with Crippen LogP contribution in [0.3, 0.4) is 0 Å². The highest BCUT2D eigenvalue weighted by atomic mass is 16.3. The fraction of sp³-hybridized carbons (Fsp3) is 0.350. The number of amides is 1. The first-order valence-corrected chi connectivity index (χ1v) is 8.98. The van der Waals surface area contributed by atoms with Crippen LogP contribution in [0.4, 0.5) is 0 Å². The number of aliphatic hydroxyl groups is 1. The summed E-state index contributed by atoms with van der Waals surface area (Å²) >= 11 is 0. The molecule has 0 radical (unpaired) electrons. The summed E-state index contributed by atoms with van der Waals surface area (Å²) in [5.41, 5.74) is 2.64. The van der Waals surface area contributed by atoms with Crippen LogP contribution in [0.2, 0.25) is 0 Å². The smallest absolute Gasteiger partial charge is 0.226 e. The Morgan fingerprint density at radius 3 is 2.81 bits per heavy atom. The van der Waals surface area contributed by atoms with E-state index in [9.17, 15) is 9.90 Å². The molecule has 1 atom stereocenters.